The van der Waals surface area contributed by atoms with Crippen LogP contribution in [0.4, 0.5) is 0 Å². The third kappa shape index (κ3) is 6.42. The molecule has 7 heteroatoms. The number of methoxy groups -OCH3 is 1. The van der Waals surface area contributed by atoms with E-state index in [-0.39, 0.29) is 19.1 Å². The predicted molar refractivity (Wildman–Crippen MR) is 104 cm³/mol. The molecule has 0 unspecified atom stereocenters. The van der Waals surface area contributed by atoms with Gasteiger partial charge >= 0.3 is 5.97 Å². The van der Waals surface area contributed by atoms with E-state index in [1.54, 1.807) is 29.2 Å². The number of amides is 2. The third-order valence-corrected chi connectivity index (χ3v) is 4.05. The maximum Gasteiger partial charge on any atom is 0.325 e. The summed E-state index contributed by atoms with van der Waals surface area (Å²) in [5, 5.41) is 2.46. The lowest BCUT2D eigenvalue weighted by atomic mass is 10.2. The minimum Gasteiger partial charge on any atom is -0.497 e. The van der Waals surface area contributed by atoms with Gasteiger partial charge in [-0.1, -0.05) is 30.3 Å². The fourth-order valence-electron chi connectivity index (χ4n) is 2.46. The quantitative estimate of drug-likeness (QED) is 0.669. The maximum atomic E-state index is 12.3. The first-order valence-corrected chi connectivity index (χ1v) is 8.93. The molecule has 0 aliphatic rings. The van der Waals surface area contributed by atoms with Crippen LogP contribution in [-0.2, 0) is 20.9 Å². The average molecular weight is 384 g/mol. The van der Waals surface area contributed by atoms with Crippen molar-refractivity contribution in [1.82, 2.24) is 10.2 Å². The lowest BCUT2D eigenvalue weighted by molar-refractivity contribution is -0.151. The summed E-state index contributed by atoms with van der Waals surface area (Å²) >= 11 is 0. The highest BCUT2D eigenvalue weighted by molar-refractivity contribution is 5.96. The summed E-state index contributed by atoms with van der Waals surface area (Å²) in [5.74, 6) is -0.747. The van der Waals surface area contributed by atoms with Crippen LogP contribution in [0.1, 0.15) is 22.8 Å². The fourth-order valence-corrected chi connectivity index (χ4v) is 2.46. The van der Waals surface area contributed by atoms with Gasteiger partial charge in [0.2, 0.25) is 0 Å². The highest BCUT2D eigenvalue weighted by Crippen LogP contribution is 2.11. The molecule has 2 rings (SSSR count). The maximum absolute atomic E-state index is 12.3. The summed E-state index contributed by atoms with van der Waals surface area (Å²) in [6.45, 7) is 2.13. The summed E-state index contributed by atoms with van der Waals surface area (Å²) in [5.41, 5.74) is 1.39. The molecule has 1 N–H and O–H groups in total. The molecule has 28 heavy (non-hydrogen) atoms. The summed E-state index contributed by atoms with van der Waals surface area (Å²) in [6.07, 6.45) is 0. The van der Waals surface area contributed by atoms with Gasteiger partial charge < -0.3 is 19.7 Å². The molecule has 2 aromatic rings. The van der Waals surface area contributed by atoms with E-state index in [1.165, 1.54) is 7.11 Å². The minimum atomic E-state index is -0.675. The standard InChI is InChI=1S/C21H24N2O5/c1-3-23(14-16-7-5-4-6-8-16)19(24)15-28-20(25)13-22-21(26)17-9-11-18(27-2)12-10-17/h4-12H,3,13-15H2,1-2H3,(H,22,26). The zero-order valence-electron chi connectivity index (χ0n) is 16.0. The van der Waals surface area contributed by atoms with Gasteiger partial charge in [0, 0.05) is 18.7 Å². The molecule has 2 aromatic carbocycles. The van der Waals surface area contributed by atoms with Crippen LogP contribution < -0.4 is 10.1 Å². The van der Waals surface area contributed by atoms with Crippen LogP contribution >= 0.6 is 0 Å². The molecule has 0 fully saturated rings. The Morgan fingerprint density at radius 1 is 1.00 bits per heavy atom. The molecular formula is C21H24N2O5. The Balaban J connectivity index is 1.75. The summed E-state index contributed by atoms with van der Waals surface area (Å²) in [6, 6.07) is 16.0. The van der Waals surface area contributed by atoms with E-state index < -0.39 is 11.9 Å². The Morgan fingerprint density at radius 2 is 1.68 bits per heavy atom. The van der Waals surface area contributed by atoms with Gasteiger partial charge in [-0.15, -0.1) is 0 Å². The number of esters is 1. The van der Waals surface area contributed by atoms with E-state index in [9.17, 15) is 14.4 Å². The molecule has 0 bridgehead atoms. The van der Waals surface area contributed by atoms with E-state index in [0.717, 1.165) is 5.56 Å². The lowest BCUT2D eigenvalue weighted by Gasteiger charge is -2.20. The first-order chi connectivity index (χ1) is 13.5. The molecule has 0 aliphatic heterocycles. The first-order valence-electron chi connectivity index (χ1n) is 8.93. The van der Waals surface area contributed by atoms with Crippen LogP contribution in [0.25, 0.3) is 0 Å². The number of likely N-dealkylation sites (N-methyl/N-ethyl adjacent to an activating group) is 1. The van der Waals surface area contributed by atoms with Gasteiger partial charge in [-0.3, -0.25) is 14.4 Å². The van der Waals surface area contributed by atoms with E-state index in [2.05, 4.69) is 5.32 Å². The third-order valence-electron chi connectivity index (χ3n) is 4.05. The van der Waals surface area contributed by atoms with Gasteiger partial charge in [-0.25, -0.2) is 0 Å². The summed E-state index contributed by atoms with van der Waals surface area (Å²) < 4.78 is 10.0. The molecule has 148 valence electrons. The molecule has 7 nitrogen and oxygen atoms in total. The normalized spacial score (nSPS) is 10.1. The van der Waals surface area contributed by atoms with Crippen molar-refractivity contribution >= 4 is 17.8 Å². The molecule has 0 saturated heterocycles. The number of benzene rings is 2. The molecule has 0 aliphatic carbocycles. The number of ether oxygens (including phenoxy) is 2. The number of hydrogen-bond donors (Lipinski definition) is 1. The first kappa shape index (κ1) is 21.0. The van der Waals surface area contributed by atoms with Crippen molar-refractivity contribution < 1.29 is 23.9 Å². The second kappa shape index (κ2) is 10.7. The van der Waals surface area contributed by atoms with E-state index in [4.69, 9.17) is 9.47 Å². The Kier molecular flexibility index (Phi) is 8.02. The molecule has 0 spiro atoms. The number of rotatable bonds is 9. The number of nitrogens with one attached hydrogen (secondary N) is 1. The van der Waals surface area contributed by atoms with Crippen molar-refractivity contribution in [3.8, 4) is 5.75 Å². The Bertz CT molecular complexity index is 790. The highest BCUT2D eigenvalue weighted by Gasteiger charge is 2.15. The molecule has 0 saturated carbocycles. The molecule has 0 heterocycles. The second-order valence-corrected chi connectivity index (χ2v) is 5.97. The van der Waals surface area contributed by atoms with Gasteiger partial charge in [0.1, 0.15) is 12.3 Å². The topological polar surface area (TPSA) is 84.9 Å². The van der Waals surface area contributed by atoms with Gasteiger partial charge in [-0.2, -0.15) is 0 Å². The predicted octanol–water partition coefficient (Wildman–Crippen LogP) is 2.02. The minimum absolute atomic E-state index is 0.291. The van der Waals surface area contributed by atoms with Gasteiger partial charge in [0.15, 0.2) is 6.61 Å². The van der Waals surface area contributed by atoms with Crippen molar-refractivity contribution in [3.63, 3.8) is 0 Å². The summed E-state index contributed by atoms with van der Waals surface area (Å²) in [4.78, 5) is 37.7. The Morgan fingerprint density at radius 3 is 2.29 bits per heavy atom. The van der Waals surface area contributed by atoms with Crippen LogP contribution in [0, 0.1) is 0 Å². The molecular weight excluding hydrogens is 360 g/mol. The van der Waals surface area contributed by atoms with Gasteiger partial charge in [0.25, 0.3) is 11.8 Å². The zero-order valence-corrected chi connectivity index (χ0v) is 16.0. The smallest absolute Gasteiger partial charge is 0.325 e. The SMILES string of the molecule is CCN(Cc1ccccc1)C(=O)COC(=O)CNC(=O)c1ccc(OC)cc1. The number of nitrogens with zero attached hydrogens (tertiary/aromatic N) is 1. The van der Waals surface area contributed by atoms with Crippen LogP contribution in [0.5, 0.6) is 5.75 Å². The van der Waals surface area contributed by atoms with Crippen LogP contribution in [-0.4, -0.2) is 49.5 Å². The van der Waals surface area contributed by atoms with Gasteiger partial charge in [0.05, 0.1) is 7.11 Å². The fraction of sp³-hybridized carbons (Fsp3) is 0.286. The van der Waals surface area contributed by atoms with Crippen molar-refractivity contribution in [1.29, 1.82) is 0 Å². The van der Waals surface area contributed by atoms with Crippen molar-refractivity contribution in [2.45, 2.75) is 13.5 Å². The van der Waals surface area contributed by atoms with E-state index in [1.807, 2.05) is 37.3 Å². The molecule has 0 aromatic heterocycles. The Hall–Kier alpha value is -3.35. The van der Waals surface area contributed by atoms with E-state index >= 15 is 0 Å². The number of carbonyl (C=O) groups excluding carboxylic acids is 3. The highest BCUT2D eigenvalue weighted by atomic mass is 16.5. The zero-order chi connectivity index (χ0) is 20.4. The number of carbonyl (C=O) groups is 3. The Labute approximate surface area is 164 Å². The van der Waals surface area contributed by atoms with Crippen LogP contribution in [0.3, 0.4) is 0 Å². The van der Waals surface area contributed by atoms with Crippen molar-refractivity contribution in [3.05, 3.63) is 65.7 Å². The van der Waals surface area contributed by atoms with Crippen molar-refractivity contribution in [2.24, 2.45) is 0 Å². The molecule has 0 radical (unpaired) electrons. The monoisotopic (exact) mass is 384 g/mol. The lowest BCUT2D eigenvalue weighted by Crippen LogP contribution is -2.36. The largest absolute Gasteiger partial charge is 0.497 e. The van der Waals surface area contributed by atoms with Crippen LogP contribution in [0.15, 0.2) is 54.6 Å². The molecule has 0 atom stereocenters. The average Bonchev–Trinajstić information content (AvgIpc) is 2.74. The summed E-state index contributed by atoms with van der Waals surface area (Å²) in [7, 11) is 1.53. The van der Waals surface area contributed by atoms with E-state index in [0.29, 0.717) is 24.4 Å². The second-order valence-electron chi connectivity index (χ2n) is 5.97. The number of hydrogen-bond acceptors (Lipinski definition) is 5. The van der Waals surface area contributed by atoms with Gasteiger partial charge in [-0.05, 0) is 36.8 Å². The molecule has 2 amide bonds. The van der Waals surface area contributed by atoms with Crippen molar-refractivity contribution in [2.75, 3.05) is 26.8 Å². The van der Waals surface area contributed by atoms with Crippen LogP contribution in [0.2, 0.25) is 0 Å².